The predicted octanol–water partition coefficient (Wildman–Crippen LogP) is 2.45. The molecule has 0 amide bonds. The van der Waals surface area contributed by atoms with Crippen LogP contribution in [0.25, 0.3) is 10.1 Å². The summed E-state index contributed by atoms with van der Waals surface area (Å²) in [7, 11) is 0. The Kier molecular flexibility index (Phi) is 1.44. The van der Waals surface area contributed by atoms with Crippen LogP contribution < -0.4 is 0 Å². The molecule has 2 rings (SSSR count). The molecule has 4 heteroatoms. The van der Waals surface area contributed by atoms with Gasteiger partial charge in [-0.25, -0.2) is 4.39 Å². The predicted molar refractivity (Wildman–Crippen MR) is 45.1 cm³/mol. The van der Waals surface area contributed by atoms with Gasteiger partial charge in [-0.3, -0.25) is 0 Å². The molecule has 0 spiro atoms. The van der Waals surface area contributed by atoms with Crippen molar-refractivity contribution in [1.29, 1.82) is 0 Å². The quantitative estimate of drug-likeness (QED) is 0.660. The van der Waals surface area contributed by atoms with E-state index >= 15 is 0 Å². The maximum atomic E-state index is 13.0. The zero-order chi connectivity index (χ0) is 8.72. The number of halogens is 1. The molecule has 2 aromatic rings. The minimum Gasteiger partial charge on any atom is -0.506 e. The summed E-state index contributed by atoms with van der Waals surface area (Å²) < 4.78 is 13.3. The highest BCUT2D eigenvalue weighted by Crippen LogP contribution is 2.37. The summed E-state index contributed by atoms with van der Waals surface area (Å²) in [4.78, 5) is 0. The molecule has 2 nitrogen and oxygen atoms in total. The van der Waals surface area contributed by atoms with Gasteiger partial charge in [0, 0.05) is 11.5 Å². The fourth-order valence-electron chi connectivity index (χ4n) is 1.06. The maximum absolute atomic E-state index is 13.0. The van der Waals surface area contributed by atoms with Crippen molar-refractivity contribution >= 4 is 21.4 Å². The van der Waals surface area contributed by atoms with Crippen LogP contribution in [-0.2, 0) is 0 Å². The zero-order valence-corrected chi connectivity index (χ0v) is 6.73. The number of benzene rings is 1. The molecule has 1 aromatic heterocycles. The van der Waals surface area contributed by atoms with Gasteiger partial charge in [0.15, 0.2) is 5.06 Å². The molecule has 0 saturated carbocycles. The van der Waals surface area contributed by atoms with Gasteiger partial charge >= 0.3 is 0 Å². The number of fused-ring (bicyclic) bond motifs is 1. The van der Waals surface area contributed by atoms with E-state index in [1.165, 1.54) is 18.2 Å². The highest BCUT2D eigenvalue weighted by atomic mass is 32.1. The molecule has 12 heavy (non-hydrogen) atoms. The van der Waals surface area contributed by atoms with Gasteiger partial charge in [0.05, 0.1) is 4.70 Å². The second kappa shape index (κ2) is 2.35. The third kappa shape index (κ3) is 0.921. The van der Waals surface area contributed by atoms with Crippen molar-refractivity contribution in [2.45, 2.75) is 0 Å². The molecule has 0 atom stereocenters. The molecule has 1 heterocycles. The molecule has 0 aliphatic heterocycles. The minimum atomic E-state index is -0.431. The van der Waals surface area contributed by atoms with E-state index in [1.807, 2.05) is 0 Å². The molecule has 0 unspecified atom stereocenters. The monoisotopic (exact) mass is 184 g/mol. The van der Waals surface area contributed by atoms with Crippen LogP contribution in [0, 0.1) is 5.82 Å². The average Bonchev–Trinajstić information content (AvgIpc) is 2.41. The summed E-state index contributed by atoms with van der Waals surface area (Å²) in [6.07, 6.45) is 0. The van der Waals surface area contributed by atoms with Gasteiger partial charge in [0.25, 0.3) is 0 Å². The van der Waals surface area contributed by atoms with E-state index in [1.54, 1.807) is 0 Å². The van der Waals surface area contributed by atoms with E-state index < -0.39 is 5.82 Å². The van der Waals surface area contributed by atoms with Gasteiger partial charge in [-0.05, 0) is 12.1 Å². The Balaban J connectivity index is 2.93. The fourth-order valence-corrected chi connectivity index (χ4v) is 1.89. The van der Waals surface area contributed by atoms with E-state index in [4.69, 9.17) is 5.11 Å². The topological polar surface area (TPSA) is 40.5 Å². The molecule has 0 saturated heterocycles. The lowest BCUT2D eigenvalue weighted by atomic mass is 10.2. The van der Waals surface area contributed by atoms with Crippen molar-refractivity contribution in [3.8, 4) is 10.8 Å². The maximum Gasteiger partial charge on any atom is 0.172 e. The van der Waals surface area contributed by atoms with Crippen LogP contribution in [0.5, 0.6) is 10.8 Å². The first-order valence-electron chi connectivity index (χ1n) is 3.28. The molecule has 0 radical (unpaired) electrons. The van der Waals surface area contributed by atoms with E-state index in [0.29, 0.717) is 4.70 Å². The molecular formula is C8H5FO2S. The van der Waals surface area contributed by atoms with Crippen molar-refractivity contribution < 1.29 is 14.6 Å². The molecule has 0 fully saturated rings. The number of phenolic OH excluding ortho intramolecular Hbond substituents is 1. The van der Waals surface area contributed by atoms with Crippen LogP contribution in [0.1, 0.15) is 0 Å². The van der Waals surface area contributed by atoms with E-state index in [-0.39, 0.29) is 16.2 Å². The Morgan fingerprint density at radius 1 is 1.25 bits per heavy atom. The summed E-state index contributed by atoms with van der Waals surface area (Å²) in [5.74, 6) is -0.434. The number of hydrogen-bond donors (Lipinski definition) is 2. The highest BCUT2D eigenvalue weighted by Gasteiger charge is 2.08. The lowest BCUT2D eigenvalue weighted by molar-refractivity contribution is 0.481. The Labute approximate surface area is 71.5 Å². The Morgan fingerprint density at radius 2 is 2.00 bits per heavy atom. The van der Waals surface area contributed by atoms with Crippen LogP contribution in [0.15, 0.2) is 18.2 Å². The second-order valence-electron chi connectivity index (χ2n) is 2.39. The van der Waals surface area contributed by atoms with Crippen molar-refractivity contribution in [3.05, 3.63) is 24.0 Å². The smallest absolute Gasteiger partial charge is 0.172 e. The molecule has 0 bridgehead atoms. The van der Waals surface area contributed by atoms with E-state index in [0.717, 1.165) is 11.3 Å². The molecule has 0 aliphatic carbocycles. The Hall–Kier alpha value is -1.29. The number of aromatic hydroxyl groups is 2. The molecule has 2 N–H and O–H groups in total. The van der Waals surface area contributed by atoms with Gasteiger partial charge in [0.1, 0.15) is 11.6 Å². The molecule has 0 aliphatic rings. The number of rotatable bonds is 0. The van der Waals surface area contributed by atoms with Crippen molar-refractivity contribution in [2.24, 2.45) is 0 Å². The number of hydrogen-bond acceptors (Lipinski definition) is 3. The van der Waals surface area contributed by atoms with Crippen molar-refractivity contribution in [1.82, 2.24) is 0 Å². The molecule has 62 valence electrons. The normalized spacial score (nSPS) is 10.8. The molecular weight excluding hydrogens is 179 g/mol. The average molecular weight is 184 g/mol. The first kappa shape index (κ1) is 7.36. The molecule has 1 aromatic carbocycles. The van der Waals surface area contributed by atoms with Crippen molar-refractivity contribution in [2.75, 3.05) is 0 Å². The largest absolute Gasteiger partial charge is 0.506 e. The summed E-state index contributed by atoms with van der Waals surface area (Å²) in [6.45, 7) is 0. The summed E-state index contributed by atoms with van der Waals surface area (Å²) in [6, 6.07) is 3.74. The van der Waals surface area contributed by atoms with Gasteiger partial charge in [-0.15, -0.1) is 0 Å². The van der Waals surface area contributed by atoms with Gasteiger partial charge < -0.3 is 10.2 Å². The number of thiophene rings is 1. The number of phenols is 1. The van der Waals surface area contributed by atoms with Crippen LogP contribution >= 0.6 is 11.3 Å². The zero-order valence-electron chi connectivity index (χ0n) is 5.91. The summed E-state index contributed by atoms with van der Waals surface area (Å²) >= 11 is 0.958. The third-order valence-electron chi connectivity index (χ3n) is 1.60. The van der Waals surface area contributed by atoms with Crippen molar-refractivity contribution in [3.63, 3.8) is 0 Å². The first-order chi connectivity index (χ1) is 5.68. The van der Waals surface area contributed by atoms with Crippen LogP contribution in [-0.4, -0.2) is 10.2 Å². The second-order valence-corrected chi connectivity index (χ2v) is 3.42. The van der Waals surface area contributed by atoms with E-state index in [2.05, 4.69) is 0 Å². The standard InChI is InChI=1S/C8H5FO2S/c9-5-1-2-6(10)8-4(5)3-7(11)12-8/h1-3,10-11H. The van der Waals surface area contributed by atoms with Gasteiger partial charge in [-0.2, -0.15) is 0 Å². The summed E-state index contributed by atoms with van der Waals surface area (Å²) in [5.41, 5.74) is 0. The Morgan fingerprint density at radius 3 is 2.67 bits per heavy atom. The third-order valence-corrected chi connectivity index (χ3v) is 2.56. The fraction of sp³-hybridized carbons (Fsp3) is 0. The highest BCUT2D eigenvalue weighted by molar-refractivity contribution is 7.21. The van der Waals surface area contributed by atoms with Crippen LogP contribution in [0.3, 0.4) is 0 Å². The Bertz CT molecular complexity index is 397. The first-order valence-corrected chi connectivity index (χ1v) is 4.10. The van der Waals surface area contributed by atoms with Gasteiger partial charge in [0.2, 0.25) is 0 Å². The minimum absolute atomic E-state index is 0.00306. The lowest BCUT2D eigenvalue weighted by Gasteiger charge is -1.93. The lowest BCUT2D eigenvalue weighted by Crippen LogP contribution is -1.72. The summed E-state index contributed by atoms with van der Waals surface area (Å²) in [5, 5.41) is 18.6. The van der Waals surface area contributed by atoms with Gasteiger partial charge in [-0.1, -0.05) is 11.3 Å². The van der Waals surface area contributed by atoms with E-state index in [9.17, 15) is 9.50 Å². The van der Waals surface area contributed by atoms with Crippen LogP contribution in [0.4, 0.5) is 4.39 Å². The SMILES string of the molecule is Oc1cc2c(F)ccc(O)c2s1. The van der Waals surface area contributed by atoms with Crippen LogP contribution in [0.2, 0.25) is 0 Å².